The number of hydrogen-bond donors (Lipinski definition) is 0. The predicted molar refractivity (Wildman–Crippen MR) is 257 cm³/mol. The Bertz CT molecular complexity index is 3070. The fourth-order valence-corrected chi connectivity index (χ4v) is 9.39. The maximum atomic E-state index is 3.36. The third-order valence-corrected chi connectivity index (χ3v) is 12.2. The lowest BCUT2D eigenvalue weighted by molar-refractivity contribution is 0.661. The third kappa shape index (κ3) is 6.12. The van der Waals surface area contributed by atoms with Gasteiger partial charge < -0.3 is 9.47 Å². The summed E-state index contributed by atoms with van der Waals surface area (Å²) in [6, 6.07) is 75.5. The summed E-state index contributed by atoms with van der Waals surface area (Å²) < 4.78 is 2.50. The summed E-state index contributed by atoms with van der Waals surface area (Å²) in [6.45, 7) is 9.99. The van der Waals surface area contributed by atoms with E-state index in [0.717, 1.165) is 22.7 Å². The van der Waals surface area contributed by atoms with Crippen LogP contribution < -0.4 is 4.90 Å². The molecule has 60 heavy (non-hydrogen) atoms. The molecular weight excluding hydrogens is 725 g/mol. The van der Waals surface area contributed by atoms with Crippen molar-refractivity contribution in [2.75, 3.05) is 4.90 Å². The first-order valence-electron chi connectivity index (χ1n) is 20.8. The molecule has 0 atom stereocenters. The van der Waals surface area contributed by atoms with E-state index in [2.05, 4.69) is 236 Å². The number of benzene rings is 9. The van der Waals surface area contributed by atoms with Crippen molar-refractivity contribution < 1.29 is 0 Å². The van der Waals surface area contributed by atoms with Gasteiger partial charge in [0, 0.05) is 38.6 Å². The van der Waals surface area contributed by atoms with Crippen LogP contribution in [0, 0.1) is 0 Å². The Hall–Kier alpha value is -7.42. The Balaban J connectivity index is 0.00000140. The van der Waals surface area contributed by atoms with Gasteiger partial charge in [0.1, 0.15) is 0 Å². The highest BCUT2D eigenvalue weighted by Gasteiger charge is 2.36. The molecule has 288 valence electrons. The molecule has 1 heterocycles. The summed E-state index contributed by atoms with van der Waals surface area (Å²) in [7, 11) is 0. The second kappa shape index (κ2) is 15.1. The molecule has 0 bridgehead atoms. The minimum absolute atomic E-state index is 0.111. The summed E-state index contributed by atoms with van der Waals surface area (Å²) in [4.78, 5) is 2.44. The van der Waals surface area contributed by atoms with E-state index in [1.807, 2.05) is 6.92 Å². The normalized spacial score (nSPS) is 12.4. The van der Waals surface area contributed by atoms with Crippen molar-refractivity contribution in [3.8, 4) is 39.1 Å². The molecule has 0 unspecified atom stereocenters. The minimum atomic E-state index is -0.111. The van der Waals surface area contributed by atoms with Gasteiger partial charge in [-0.2, -0.15) is 0 Å². The third-order valence-electron chi connectivity index (χ3n) is 12.2. The van der Waals surface area contributed by atoms with Crippen LogP contribution in [0.5, 0.6) is 0 Å². The first-order chi connectivity index (χ1) is 29.5. The molecule has 2 nitrogen and oxygen atoms in total. The van der Waals surface area contributed by atoms with Crippen LogP contribution in [0.25, 0.3) is 71.6 Å². The largest absolute Gasteiger partial charge is 0.310 e. The maximum absolute atomic E-state index is 3.36. The van der Waals surface area contributed by atoms with Gasteiger partial charge in [-0.25, -0.2) is 0 Å². The molecule has 1 aliphatic carbocycles. The number of hydrogen-bond acceptors (Lipinski definition) is 1. The quantitative estimate of drug-likeness (QED) is 0.153. The van der Waals surface area contributed by atoms with Crippen molar-refractivity contribution in [2.24, 2.45) is 0 Å². The molecule has 0 saturated carbocycles. The lowest BCUT2D eigenvalue weighted by atomic mass is 9.82. The second-order valence-electron chi connectivity index (χ2n) is 16.2. The summed E-state index contributed by atoms with van der Waals surface area (Å²) >= 11 is 0. The highest BCUT2D eigenvalue weighted by Crippen LogP contribution is 2.52. The zero-order valence-electron chi connectivity index (χ0n) is 34.3. The van der Waals surface area contributed by atoms with Gasteiger partial charge >= 0.3 is 0 Å². The lowest BCUT2D eigenvalue weighted by Crippen LogP contribution is -2.14. The van der Waals surface area contributed by atoms with Crippen LogP contribution >= 0.6 is 0 Å². The molecule has 1 aromatic heterocycles. The van der Waals surface area contributed by atoms with Gasteiger partial charge in [-0.1, -0.05) is 172 Å². The van der Waals surface area contributed by atoms with E-state index in [1.54, 1.807) is 6.08 Å². The Kier molecular flexibility index (Phi) is 9.26. The number of nitrogens with zero attached hydrogens (tertiary/aromatic N) is 2. The maximum Gasteiger partial charge on any atom is 0.0568 e. The van der Waals surface area contributed by atoms with Gasteiger partial charge in [0.05, 0.1) is 16.7 Å². The van der Waals surface area contributed by atoms with Crippen LogP contribution in [0.2, 0.25) is 0 Å². The fourth-order valence-electron chi connectivity index (χ4n) is 9.39. The molecular formula is C58H46N2. The van der Waals surface area contributed by atoms with Gasteiger partial charge in [-0.3, -0.25) is 0 Å². The van der Waals surface area contributed by atoms with E-state index in [0.29, 0.717) is 0 Å². The fraction of sp³-hybridized carbons (Fsp3) is 0.0690. The molecule has 10 aromatic rings. The first-order valence-corrected chi connectivity index (χ1v) is 20.8. The van der Waals surface area contributed by atoms with Gasteiger partial charge in [0.15, 0.2) is 0 Å². The summed E-state index contributed by atoms with van der Waals surface area (Å²) in [5, 5.41) is 4.99. The number of fused-ring (bicyclic) bond motifs is 8. The number of para-hydroxylation sites is 1. The van der Waals surface area contributed by atoms with E-state index >= 15 is 0 Å². The molecule has 0 amide bonds. The van der Waals surface area contributed by atoms with Gasteiger partial charge in [-0.15, -0.1) is 6.58 Å². The zero-order chi connectivity index (χ0) is 40.8. The molecule has 0 fully saturated rings. The lowest BCUT2D eigenvalue weighted by Gasteiger charge is -2.28. The minimum Gasteiger partial charge on any atom is -0.310 e. The van der Waals surface area contributed by atoms with Gasteiger partial charge in [-0.05, 0) is 111 Å². The standard InChI is InChI=1S/C55H40N2.C3H6/c1-55(2)49-25-15-14-22-44(49)47-34-48-51(35-50(47)55)57(41-20-10-5-11-21-41)53-36-52(45-23-12-13-24-46(45)54(48)53)56(42-30-26-39(27-31-42)37-16-6-3-7-17-37)43-32-28-40(29-33-43)38-18-8-4-9-19-38;1-3-2/h3-36H,1-2H3;3H,1H2,2H3. The van der Waals surface area contributed by atoms with E-state index < -0.39 is 0 Å². The number of aromatic nitrogens is 1. The van der Waals surface area contributed by atoms with Gasteiger partial charge in [0.25, 0.3) is 0 Å². The van der Waals surface area contributed by atoms with E-state index in [1.165, 1.54) is 77.1 Å². The van der Waals surface area contributed by atoms with Crippen molar-refractivity contribution >= 4 is 49.6 Å². The SMILES string of the molecule is C=CC.CC1(C)c2ccccc2-c2cc3c4c5ccccc5c(N(c5ccc(-c6ccccc6)cc5)c5ccc(-c6ccccc6)cc5)cc4n(-c4ccccc4)c3cc21. The van der Waals surface area contributed by atoms with Crippen molar-refractivity contribution in [1.29, 1.82) is 0 Å². The summed E-state index contributed by atoms with van der Waals surface area (Å²) in [6.07, 6.45) is 1.75. The average Bonchev–Trinajstić information content (AvgIpc) is 3.74. The van der Waals surface area contributed by atoms with Crippen LogP contribution in [0.15, 0.2) is 219 Å². The highest BCUT2D eigenvalue weighted by molar-refractivity contribution is 6.25. The Morgan fingerprint density at radius 2 is 0.933 bits per heavy atom. The Labute approximate surface area is 352 Å². The monoisotopic (exact) mass is 770 g/mol. The van der Waals surface area contributed by atoms with Crippen molar-refractivity contribution in [2.45, 2.75) is 26.2 Å². The van der Waals surface area contributed by atoms with Crippen molar-refractivity contribution in [3.05, 3.63) is 230 Å². The topological polar surface area (TPSA) is 8.17 Å². The zero-order valence-corrected chi connectivity index (χ0v) is 34.3. The first kappa shape index (κ1) is 36.9. The Morgan fingerprint density at radius 1 is 0.450 bits per heavy atom. The Morgan fingerprint density at radius 3 is 1.52 bits per heavy atom. The van der Waals surface area contributed by atoms with Crippen molar-refractivity contribution in [3.63, 3.8) is 0 Å². The predicted octanol–water partition coefficient (Wildman–Crippen LogP) is 16.2. The number of anilines is 3. The highest BCUT2D eigenvalue weighted by atomic mass is 15.1. The molecule has 0 saturated heterocycles. The molecule has 9 aromatic carbocycles. The van der Waals surface area contributed by atoms with Crippen LogP contribution in [0.3, 0.4) is 0 Å². The van der Waals surface area contributed by atoms with Gasteiger partial charge in [0.2, 0.25) is 0 Å². The summed E-state index contributed by atoms with van der Waals surface area (Å²) in [5.41, 5.74) is 17.0. The molecule has 0 radical (unpaired) electrons. The van der Waals surface area contributed by atoms with E-state index in [4.69, 9.17) is 0 Å². The molecule has 11 rings (SSSR count). The van der Waals surface area contributed by atoms with Crippen LogP contribution in [-0.4, -0.2) is 4.57 Å². The summed E-state index contributed by atoms with van der Waals surface area (Å²) in [5.74, 6) is 0. The smallest absolute Gasteiger partial charge is 0.0568 e. The van der Waals surface area contributed by atoms with Crippen LogP contribution in [0.4, 0.5) is 17.1 Å². The molecule has 0 N–H and O–H groups in total. The number of allylic oxidation sites excluding steroid dienone is 1. The number of rotatable bonds is 6. The average molecular weight is 771 g/mol. The molecule has 0 aliphatic heterocycles. The second-order valence-corrected chi connectivity index (χ2v) is 16.2. The van der Waals surface area contributed by atoms with E-state index in [9.17, 15) is 0 Å². The molecule has 0 spiro atoms. The molecule has 2 heteroatoms. The molecule has 1 aliphatic rings. The van der Waals surface area contributed by atoms with Crippen LogP contribution in [-0.2, 0) is 5.41 Å². The van der Waals surface area contributed by atoms with E-state index in [-0.39, 0.29) is 5.41 Å². The van der Waals surface area contributed by atoms with Crippen molar-refractivity contribution in [1.82, 2.24) is 4.57 Å². The van der Waals surface area contributed by atoms with Crippen LogP contribution in [0.1, 0.15) is 31.9 Å².